The number of nitrogens with zero attached hydrogens (tertiary/aromatic N) is 2. The Morgan fingerprint density at radius 1 is 1.03 bits per heavy atom. The first-order valence-corrected chi connectivity index (χ1v) is 14.3. The molecule has 0 aromatic rings. The maximum Gasteiger partial charge on any atom is 0.407 e. The van der Waals surface area contributed by atoms with E-state index in [0.717, 1.165) is 12.8 Å². The number of sulfonamides is 1. The van der Waals surface area contributed by atoms with Crippen LogP contribution in [0.3, 0.4) is 0 Å². The number of likely N-dealkylation sites (tertiary alicyclic amines) is 1. The predicted octanol–water partition coefficient (Wildman–Crippen LogP) is 4.46. The van der Waals surface area contributed by atoms with E-state index in [1.807, 2.05) is 4.90 Å². The first kappa shape index (κ1) is 28.4. The third kappa shape index (κ3) is 8.73. The Labute approximate surface area is 213 Å². The summed E-state index contributed by atoms with van der Waals surface area (Å²) in [6.45, 7) is 1.23. The van der Waals surface area contributed by atoms with Gasteiger partial charge in [0.05, 0.1) is 5.75 Å². The molecule has 0 radical (unpaired) electrons. The zero-order chi connectivity index (χ0) is 25.1. The van der Waals surface area contributed by atoms with E-state index >= 15 is 0 Å². The summed E-state index contributed by atoms with van der Waals surface area (Å²) in [7, 11) is -3.48. The molecule has 1 N–H and O–H groups in total. The number of piperidine rings is 2. The van der Waals surface area contributed by atoms with Crippen LogP contribution in [0.5, 0.6) is 0 Å². The highest BCUT2D eigenvalue weighted by atomic mass is 35.6. The number of alkyl carbamates (subject to hydrolysis) is 1. The molecule has 3 fully saturated rings. The van der Waals surface area contributed by atoms with Crippen LogP contribution in [-0.2, 0) is 14.8 Å². The van der Waals surface area contributed by atoms with Gasteiger partial charge in [-0.1, -0.05) is 34.8 Å². The number of rotatable bonds is 8. The number of fused-ring (bicyclic) bond motifs is 2. The Hall–Kier alpha value is -0.200. The Kier molecular flexibility index (Phi) is 9.56. The lowest BCUT2D eigenvalue weighted by Crippen LogP contribution is -2.53. The second-order valence-electron chi connectivity index (χ2n) is 9.50. The Bertz CT molecular complexity index is 791. The van der Waals surface area contributed by atoms with Gasteiger partial charge < -0.3 is 15.0 Å². The number of nitrogens with one attached hydrogen (secondary N) is 1. The van der Waals surface area contributed by atoms with Crippen LogP contribution in [0, 0.1) is 5.92 Å². The minimum absolute atomic E-state index is 0.00369. The van der Waals surface area contributed by atoms with E-state index < -0.39 is 32.5 Å². The summed E-state index contributed by atoms with van der Waals surface area (Å²) in [6.07, 6.45) is -1.77. The van der Waals surface area contributed by atoms with Gasteiger partial charge >= 0.3 is 12.3 Å². The second kappa shape index (κ2) is 11.5. The summed E-state index contributed by atoms with van der Waals surface area (Å²) in [4.78, 5) is 14.0. The molecule has 3 rings (SSSR count). The number of amides is 1. The van der Waals surface area contributed by atoms with E-state index in [0.29, 0.717) is 45.3 Å². The monoisotopic (exact) mass is 571 g/mol. The number of alkyl halides is 6. The molecule has 7 nitrogen and oxygen atoms in total. The molecule has 0 aromatic heterocycles. The van der Waals surface area contributed by atoms with Crippen LogP contribution in [0.4, 0.5) is 18.0 Å². The smallest absolute Gasteiger partial charge is 0.407 e. The first-order chi connectivity index (χ1) is 15.7. The summed E-state index contributed by atoms with van der Waals surface area (Å²) in [6, 6.07) is -0.568. The largest absolute Gasteiger partial charge is 0.445 e. The molecule has 0 aliphatic carbocycles. The van der Waals surface area contributed by atoms with Crippen molar-refractivity contribution in [2.45, 2.75) is 79.5 Å². The first-order valence-electron chi connectivity index (χ1n) is 11.5. The van der Waals surface area contributed by atoms with Crippen LogP contribution >= 0.6 is 34.8 Å². The van der Waals surface area contributed by atoms with Crippen LogP contribution in [0.15, 0.2) is 0 Å². The van der Waals surface area contributed by atoms with Crippen LogP contribution in [-0.4, -0.2) is 83.8 Å². The van der Waals surface area contributed by atoms with Gasteiger partial charge in [-0.3, -0.25) is 0 Å². The van der Waals surface area contributed by atoms with Crippen molar-refractivity contribution >= 4 is 50.9 Å². The summed E-state index contributed by atoms with van der Waals surface area (Å²) in [5, 5.41) is 2.74. The summed E-state index contributed by atoms with van der Waals surface area (Å²) >= 11 is 16.7. The topological polar surface area (TPSA) is 79.0 Å². The van der Waals surface area contributed by atoms with Crippen molar-refractivity contribution in [2.75, 3.05) is 32.0 Å². The third-order valence-corrected chi connectivity index (χ3v) is 9.22. The molecule has 2 atom stereocenters. The van der Waals surface area contributed by atoms with Gasteiger partial charge in [-0.05, 0) is 70.5 Å². The van der Waals surface area contributed by atoms with Gasteiger partial charge in [-0.2, -0.15) is 17.5 Å². The van der Waals surface area contributed by atoms with Crippen molar-refractivity contribution in [1.82, 2.24) is 14.5 Å². The number of carbonyl (C=O) groups excluding carboxylic acids is 1. The molecule has 2 bridgehead atoms. The molecule has 0 saturated carbocycles. The lowest BCUT2D eigenvalue weighted by molar-refractivity contribution is -0.136. The lowest BCUT2D eigenvalue weighted by Gasteiger charge is -2.39. The molecule has 14 heteroatoms. The molecule has 34 heavy (non-hydrogen) atoms. The van der Waals surface area contributed by atoms with Crippen LogP contribution < -0.4 is 5.32 Å². The third-order valence-electron chi connectivity index (χ3n) is 6.76. The number of hydrogen-bond donors (Lipinski definition) is 1. The molecule has 1 amide bonds. The Morgan fingerprint density at radius 3 is 2.15 bits per heavy atom. The standard InChI is InChI=1S/C20H31Cl3F3N3O4S/c21-19(22,23)13-33-18(30)27-15-10-16-2-3-17(11-15)29(16)34(31,32)12-14-4-8-28(9-5-14)7-1-6-20(24,25)26/h14-17H,1-13H2,(H,27,30). The van der Waals surface area contributed by atoms with Crippen LogP contribution in [0.25, 0.3) is 0 Å². The summed E-state index contributed by atoms with van der Waals surface area (Å²) in [5.74, 6) is 0.0516. The molecular weight excluding hydrogens is 542 g/mol. The van der Waals surface area contributed by atoms with Gasteiger partial charge in [-0.15, -0.1) is 0 Å². The van der Waals surface area contributed by atoms with Gasteiger partial charge in [-0.25, -0.2) is 13.2 Å². The number of carbonyl (C=O) groups is 1. The van der Waals surface area contributed by atoms with Crippen molar-refractivity contribution in [3.05, 3.63) is 0 Å². The zero-order valence-electron chi connectivity index (χ0n) is 18.7. The second-order valence-corrected chi connectivity index (χ2v) is 13.9. The molecule has 3 aliphatic rings. The summed E-state index contributed by atoms with van der Waals surface area (Å²) < 4.78 is 68.3. The average Bonchev–Trinajstić information content (AvgIpc) is 2.99. The normalized spacial score (nSPS) is 27.6. The summed E-state index contributed by atoms with van der Waals surface area (Å²) in [5.41, 5.74) is 0. The Balaban J connectivity index is 1.44. The predicted molar refractivity (Wildman–Crippen MR) is 125 cm³/mol. The van der Waals surface area contributed by atoms with Crippen LogP contribution in [0.2, 0.25) is 0 Å². The fraction of sp³-hybridized carbons (Fsp3) is 0.950. The lowest BCUT2D eigenvalue weighted by atomic mass is 9.99. The quantitative estimate of drug-likeness (QED) is 0.435. The van der Waals surface area contributed by atoms with E-state index in [4.69, 9.17) is 39.5 Å². The minimum atomic E-state index is -4.14. The molecule has 0 aromatic carbocycles. The highest BCUT2D eigenvalue weighted by molar-refractivity contribution is 7.89. The molecule has 2 unspecified atom stereocenters. The average molecular weight is 573 g/mol. The van der Waals surface area contributed by atoms with Gasteiger partial charge in [0, 0.05) is 24.5 Å². The fourth-order valence-corrected chi connectivity index (χ4v) is 7.88. The minimum Gasteiger partial charge on any atom is -0.445 e. The number of ether oxygens (including phenoxy) is 1. The molecule has 3 saturated heterocycles. The van der Waals surface area contributed by atoms with Gasteiger partial charge in [0.25, 0.3) is 0 Å². The SMILES string of the molecule is O=C(NC1CC2CCC(C1)N2S(=O)(=O)CC1CCN(CCCC(F)(F)F)CC1)OCC(Cl)(Cl)Cl. The van der Waals surface area contributed by atoms with E-state index in [9.17, 15) is 26.4 Å². The van der Waals surface area contributed by atoms with Crippen molar-refractivity contribution in [2.24, 2.45) is 5.92 Å². The van der Waals surface area contributed by atoms with E-state index in [-0.39, 0.29) is 42.8 Å². The van der Waals surface area contributed by atoms with E-state index in [1.54, 1.807) is 4.31 Å². The van der Waals surface area contributed by atoms with E-state index in [2.05, 4.69) is 5.32 Å². The van der Waals surface area contributed by atoms with Gasteiger partial charge in [0.1, 0.15) is 6.61 Å². The highest BCUT2D eigenvalue weighted by Gasteiger charge is 2.47. The maximum absolute atomic E-state index is 13.3. The van der Waals surface area contributed by atoms with Crippen molar-refractivity contribution in [3.63, 3.8) is 0 Å². The zero-order valence-corrected chi connectivity index (χ0v) is 21.8. The molecule has 3 aliphatic heterocycles. The molecular formula is C20H31Cl3F3N3O4S. The fourth-order valence-electron chi connectivity index (χ4n) is 5.33. The van der Waals surface area contributed by atoms with Crippen molar-refractivity contribution in [1.29, 1.82) is 0 Å². The van der Waals surface area contributed by atoms with Crippen molar-refractivity contribution < 1.29 is 31.1 Å². The molecule has 3 heterocycles. The van der Waals surface area contributed by atoms with Gasteiger partial charge in [0.15, 0.2) is 0 Å². The molecule has 0 spiro atoms. The maximum atomic E-state index is 13.3. The Morgan fingerprint density at radius 2 is 1.62 bits per heavy atom. The number of hydrogen-bond acceptors (Lipinski definition) is 5. The van der Waals surface area contributed by atoms with Crippen LogP contribution in [0.1, 0.15) is 51.4 Å². The van der Waals surface area contributed by atoms with Gasteiger partial charge in [0.2, 0.25) is 13.8 Å². The number of halogens is 6. The highest BCUT2D eigenvalue weighted by Crippen LogP contribution is 2.39. The molecule has 198 valence electrons. The van der Waals surface area contributed by atoms with E-state index in [1.165, 1.54) is 0 Å². The van der Waals surface area contributed by atoms with Crippen molar-refractivity contribution in [3.8, 4) is 0 Å².